The zero-order valence-corrected chi connectivity index (χ0v) is 11.4. The predicted octanol–water partition coefficient (Wildman–Crippen LogP) is 4.87. The molecule has 0 spiro atoms. The molecule has 3 rings (SSSR count). The smallest absolute Gasteiger partial charge is 0.0863 e. The number of ether oxygens (including phenoxy) is 1. The maximum atomic E-state index is 5.73. The van der Waals surface area contributed by atoms with Crippen LogP contribution in [0, 0.1) is 0 Å². The van der Waals surface area contributed by atoms with E-state index in [1.54, 1.807) is 0 Å². The molecule has 1 heteroatoms. The van der Waals surface area contributed by atoms with E-state index in [9.17, 15) is 0 Å². The van der Waals surface area contributed by atoms with Gasteiger partial charge in [0.25, 0.3) is 0 Å². The number of rotatable bonds is 3. The maximum absolute atomic E-state index is 5.73. The Bertz CT molecular complexity index is 593. The third-order valence-corrected chi connectivity index (χ3v) is 3.49. The Kier molecular flexibility index (Phi) is 4.10. The standard InChI is InChI=1S/C19H18O/c1-2-6-16(7-3-1)9-10-17-11-13-18(14-12-17)19-8-4-5-15-20-19/h1-7,9-14,19H,8,15H2/b10-9+/t19-/m0/s1. The van der Waals surface area contributed by atoms with Gasteiger partial charge in [-0.2, -0.15) is 0 Å². The fraction of sp³-hybridized carbons (Fsp3) is 0.158. The Labute approximate surface area is 120 Å². The first-order valence-corrected chi connectivity index (χ1v) is 7.01. The Morgan fingerprint density at radius 1 is 0.800 bits per heavy atom. The van der Waals surface area contributed by atoms with Crippen molar-refractivity contribution in [1.82, 2.24) is 0 Å². The van der Waals surface area contributed by atoms with Gasteiger partial charge in [0.2, 0.25) is 0 Å². The van der Waals surface area contributed by atoms with Crippen molar-refractivity contribution in [2.24, 2.45) is 0 Å². The highest BCUT2D eigenvalue weighted by Crippen LogP contribution is 2.25. The topological polar surface area (TPSA) is 9.23 Å². The summed E-state index contributed by atoms with van der Waals surface area (Å²) >= 11 is 0. The van der Waals surface area contributed by atoms with E-state index in [2.05, 4.69) is 72.8 Å². The third-order valence-electron chi connectivity index (χ3n) is 3.49. The Morgan fingerprint density at radius 2 is 1.50 bits per heavy atom. The lowest BCUT2D eigenvalue weighted by atomic mass is 10.0. The Morgan fingerprint density at radius 3 is 2.15 bits per heavy atom. The third kappa shape index (κ3) is 3.25. The molecule has 100 valence electrons. The van der Waals surface area contributed by atoms with Gasteiger partial charge in [-0.3, -0.25) is 0 Å². The van der Waals surface area contributed by atoms with Crippen molar-refractivity contribution < 1.29 is 4.74 Å². The van der Waals surface area contributed by atoms with Gasteiger partial charge in [-0.15, -0.1) is 0 Å². The van der Waals surface area contributed by atoms with Gasteiger partial charge < -0.3 is 4.74 Å². The minimum absolute atomic E-state index is 0.215. The quantitative estimate of drug-likeness (QED) is 0.566. The monoisotopic (exact) mass is 262 g/mol. The second-order valence-corrected chi connectivity index (χ2v) is 4.94. The van der Waals surface area contributed by atoms with Crippen LogP contribution in [0.2, 0.25) is 0 Å². The average Bonchev–Trinajstić information content (AvgIpc) is 2.55. The molecule has 0 amide bonds. The molecule has 0 aromatic heterocycles. The molecule has 1 aliphatic heterocycles. The first-order chi connectivity index (χ1) is 9.92. The summed E-state index contributed by atoms with van der Waals surface area (Å²) in [7, 11) is 0. The molecule has 0 fully saturated rings. The summed E-state index contributed by atoms with van der Waals surface area (Å²) in [6, 6.07) is 19.0. The van der Waals surface area contributed by atoms with Crippen LogP contribution in [-0.4, -0.2) is 6.61 Å². The van der Waals surface area contributed by atoms with E-state index in [0.29, 0.717) is 0 Å². The fourth-order valence-electron chi connectivity index (χ4n) is 2.34. The first kappa shape index (κ1) is 12.9. The molecule has 0 N–H and O–H groups in total. The van der Waals surface area contributed by atoms with E-state index < -0.39 is 0 Å². The molecule has 1 nitrogen and oxygen atoms in total. The van der Waals surface area contributed by atoms with E-state index in [0.717, 1.165) is 13.0 Å². The Hall–Kier alpha value is -2.12. The highest BCUT2D eigenvalue weighted by atomic mass is 16.5. The van der Waals surface area contributed by atoms with Crippen LogP contribution >= 0.6 is 0 Å². The highest BCUT2D eigenvalue weighted by Gasteiger charge is 2.11. The molecule has 1 aliphatic rings. The van der Waals surface area contributed by atoms with Gasteiger partial charge in [0.1, 0.15) is 0 Å². The minimum atomic E-state index is 0.215. The van der Waals surface area contributed by atoms with Crippen LogP contribution in [0.5, 0.6) is 0 Å². The van der Waals surface area contributed by atoms with Gasteiger partial charge in [0.15, 0.2) is 0 Å². The summed E-state index contributed by atoms with van der Waals surface area (Å²) in [6.07, 6.45) is 9.73. The van der Waals surface area contributed by atoms with Crippen molar-refractivity contribution in [1.29, 1.82) is 0 Å². The Balaban J connectivity index is 1.70. The molecule has 0 bridgehead atoms. The average molecular weight is 262 g/mol. The van der Waals surface area contributed by atoms with Gasteiger partial charge in [-0.05, 0) is 23.1 Å². The van der Waals surface area contributed by atoms with Crippen molar-refractivity contribution >= 4 is 12.2 Å². The van der Waals surface area contributed by atoms with Gasteiger partial charge in [0.05, 0.1) is 12.7 Å². The van der Waals surface area contributed by atoms with Crippen LogP contribution in [0.4, 0.5) is 0 Å². The molecule has 1 heterocycles. The van der Waals surface area contributed by atoms with Gasteiger partial charge in [-0.1, -0.05) is 78.9 Å². The van der Waals surface area contributed by atoms with Crippen molar-refractivity contribution in [3.8, 4) is 0 Å². The summed E-state index contributed by atoms with van der Waals surface area (Å²) in [4.78, 5) is 0. The number of hydrogen-bond acceptors (Lipinski definition) is 1. The molecule has 2 aromatic rings. The predicted molar refractivity (Wildman–Crippen MR) is 84.3 cm³/mol. The molecular weight excluding hydrogens is 244 g/mol. The summed E-state index contributed by atoms with van der Waals surface area (Å²) in [5, 5.41) is 0. The van der Waals surface area contributed by atoms with E-state index in [-0.39, 0.29) is 6.10 Å². The molecule has 0 aliphatic carbocycles. The molecule has 0 saturated heterocycles. The zero-order chi connectivity index (χ0) is 13.6. The molecule has 0 saturated carbocycles. The van der Waals surface area contributed by atoms with Crippen LogP contribution < -0.4 is 0 Å². The van der Waals surface area contributed by atoms with Gasteiger partial charge >= 0.3 is 0 Å². The zero-order valence-electron chi connectivity index (χ0n) is 11.4. The van der Waals surface area contributed by atoms with E-state index in [1.165, 1.54) is 16.7 Å². The lowest BCUT2D eigenvalue weighted by Crippen LogP contribution is -2.07. The van der Waals surface area contributed by atoms with Crippen LogP contribution in [0.3, 0.4) is 0 Å². The molecule has 20 heavy (non-hydrogen) atoms. The number of benzene rings is 2. The van der Waals surface area contributed by atoms with Gasteiger partial charge in [-0.25, -0.2) is 0 Å². The molecule has 0 unspecified atom stereocenters. The highest BCUT2D eigenvalue weighted by molar-refractivity contribution is 5.69. The van der Waals surface area contributed by atoms with E-state index >= 15 is 0 Å². The minimum Gasteiger partial charge on any atom is -0.369 e. The largest absolute Gasteiger partial charge is 0.369 e. The molecule has 1 atom stereocenters. The van der Waals surface area contributed by atoms with Crippen LogP contribution in [0.25, 0.3) is 12.2 Å². The van der Waals surface area contributed by atoms with Crippen molar-refractivity contribution in [3.05, 3.63) is 83.4 Å². The van der Waals surface area contributed by atoms with Crippen molar-refractivity contribution in [3.63, 3.8) is 0 Å². The van der Waals surface area contributed by atoms with Crippen LogP contribution in [0.15, 0.2) is 66.7 Å². The summed E-state index contributed by atoms with van der Waals surface area (Å²) in [6.45, 7) is 0.723. The summed E-state index contributed by atoms with van der Waals surface area (Å²) in [5.74, 6) is 0. The maximum Gasteiger partial charge on any atom is 0.0863 e. The first-order valence-electron chi connectivity index (χ1n) is 7.01. The lowest BCUT2D eigenvalue weighted by Gasteiger charge is -2.19. The normalized spacial score (nSPS) is 18.5. The van der Waals surface area contributed by atoms with Crippen LogP contribution in [0.1, 0.15) is 29.2 Å². The molecule has 2 aromatic carbocycles. The lowest BCUT2D eigenvalue weighted by molar-refractivity contribution is 0.0678. The van der Waals surface area contributed by atoms with Crippen LogP contribution in [-0.2, 0) is 4.74 Å². The summed E-state index contributed by atoms with van der Waals surface area (Å²) in [5.41, 5.74) is 3.69. The SMILES string of the molecule is C1=CC[C@@H](c2ccc(/C=C/c3ccccc3)cc2)OC1. The molecule has 0 radical (unpaired) electrons. The van der Waals surface area contributed by atoms with E-state index in [4.69, 9.17) is 4.74 Å². The summed E-state index contributed by atoms with van der Waals surface area (Å²) < 4.78 is 5.73. The van der Waals surface area contributed by atoms with Crippen molar-refractivity contribution in [2.75, 3.05) is 6.61 Å². The van der Waals surface area contributed by atoms with Gasteiger partial charge in [0, 0.05) is 0 Å². The number of hydrogen-bond donors (Lipinski definition) is 0. The molecular formula is C19H18O. The van der Waals surface area contributed by atoms with E-state index in [1.807, 2.05) is 6.07 Å². The second kappa shape index (κ2) is 6.36. The van der Waals surface area contributed by atoms with Crippen molar-refractivity contribution in [2.45, 2.75) is 12.5 Å². The second-order valence-electron chi connectivity index (χ2n) is 4.94. The fourth-order valence-corrected chi connectivity index (χ4v) is 2.34.